The van der Waals surface area contributed by atoms with Gasteiger partial charge in [-0.15, -0.1) is 0 Å². The molecule has 0 spiro atoms. The Morgan fingerprint density at radius 3 is 2.57 bits per heavy atom. The third-order valence-electron chi connectivity index (χ3n) is 5.02. The predicted octanol–water partition coefficient (Wildman–Crippen LogP) is -0.454. The first-order chi connectivity index (χ1) is 13.5. The SMILES string of the molecule is Cn1nc(C2CCN(C(=O)Cn3nnnc3N)CC2)n(-c2ccccc2)c1=O. The molecule has 0 radical (unpaired) electrons. The number of benzene rings is 1. The number of tetrazole rings is 1. The van der Waals surface area contributed by atoms with E-state index in [-0.39, 0.29) is 30.0 Å². The van der Waals surface area contributed by atoms with Crippen molar-refractivity contribution >= 4 is 11.9 Å². The average Bonchev–Trinajstić information content (AvgIpc) is 3.25. The van der Waals surface area contributed by atoms with Crippen molar-refractivity contribution in [1.29, 1.82) is 0 Å². The minimum Gasteiger partial charge on any atom is -0.367 e. The summed E-state index contributed by atoms with van der Waals surface area (Å²) < 4.78 is 4.30. The molecule has 28 heavy (non-hydrogen) atoms. The number of hydrogen-bond acceptors (Lipinski definition) is 7. The van der Waals surface area contributed by atoms with E-state index in [1.54, 1.807) is 16.5 Å². The Morgan fingerprint density at radius 2 is 1.93 bits per heavy atom. The van der Waals surface area contributed by atoms with Gasteiger partial charge in [-0.25, -0.2) is 18.7 Å². The van der Waals surface area contributed by atoms with Crippen LogP contribution in [0, 0.1) is 0 Å². The van der Waals surface area contributed by atoms with Crippen LogP contribution < -0.4 is 11.4 Å². The lowest BCUT2D eigenvalue weighted by atomic mass is 9.95. The molecule has 1 amide bonds. The molecule has 0 saturated carbocycles. The zero-order valence-electron chi connectivity index (χ0n) is 15.5. The van der Waals surface area contributed by atoms with Crippen LogP contribution in [0.1, 0.15) is 24.6 Å². The number of carbonyl (C=O) groups excluding carboxylic acids is 1. The smallest absolute Gasteiger partial charge is 0.350 e. The molecular weight excluding hydrogens is 362 g/mol. The molecule has 0 bridgehead atoms. The van der Waals surface area contributed by atoms with Crippen molar-refractivity contribution in [3.63, 3.8) is 0 Å². The molecule has 4 rings (SSSR count). The molecule has 2 N–H and O–H groups in total. The summed E-state index contributed by atoms with van der Waals surface area (Å²) in [7, 11) is 1.65. The van der Waals surface area contributed by atoms with Crippen LogP contribution in [-0.2, 0) is 18.4 Å². The van der Waals surface area contributed by atoms with Crippen molar-refractivity contribution in [1.82, 2.24) is 39.5 Å². The van der Waals surface area contributed by atoms with Crippen molar-refractivity contribution in [3.05, 3.63) is 46.6 Å². The summed E-state index contributed by atoms with van der Waals surface area (Å²) in [5, 5.41) is 15.2. The lowest BCUT2D eigenvalue weighted by Crippen LogP contribution is -2.40. The number of nitrogen functional groups attached to an aromatic ring is 1. The van der Waals surface area contributed by atoms with Crippen LogP contribution in [0.2, 0.25) is 0 Å². The molecule has 2 aromatic heterocycles. The monoisotopic (exact) mass is 383 g/mol. The van der Waals surface area contributed by atoms with Crippen molar-refractivity contribution in [2.45, 2.75) is 25.3 Å². The molecule has 0 atom stereocenters. The number of para-hydroxylation sites is 1. The van der Waals surface area contributed by atoms with Crippen molar-refractivity contribution in [2.75, 3.05) is 18.8 Å². The largest absolute Gasteiger partial charge is 0.367 e. The quantitative estimate of drug-likeness (QED) is 0.645. The zero-order valence-corrected chi connectivity index (χ0v) is 15.5. The molecule has 3 heterocycles. The number of aryl methyl sites for hydroxylation is 1. The second-order valence-electron chi connectivity index (χ2n) is 6.79. The highest BCUT2D eigenvalue weighted by Gasteiger charge is 2.29. The number of nitrogens with zero attached hydrogens (tertiary/aromatic N) is 8. The van der Waals surface area contributed by atoms with Crippen LogP contribution in [0.4, 0.5) is 5.95 Å². The molecule has 0 aliphatic carbocycles. The maximum absolute atomic E-state index is 12.6. The highest BCUT2D eigenvalue weighted by molar-refractivity contribution is 5.76. The standard InChI is InChI=1S/C17H21N9O2/c1-23-17(28)26(13-5-3-2-4-6-13)15(20-23)12-7-9-24(10-8-12)14(27)11-25-16(18)19-21-22-25/h2-6,12H,7-11H2,1H3,(H2,18,19,22). The van der Waals surface area contributed by atoms with Gasteiger partial charge in [-0.2, -0.15) is 5.10 Å². The summed E-state index contributed by atoms with van der Waals surface area (Å²) in [6.45, 7) is 1.16. The van der Waals surface area contributed by atoms with Gasteiger partial charge in [0.25, 0.3) is 0 Å². The van der Waals surface area contributed by atoms with E-state index in [2.05, 4.69) is 20.6 Å². The topological polar surface area (TPSA) is 130 Å². The van der Waals surface area contributed by atoms with E-state index < -0.39 is 0 Å². The highest BCUT2D eigenvalue weighted by atomic mass is 16.2. The Labute approximate surface area is 160 Å². The first kappa shape index (κ1) is 17.9. The van der Waals surface area contributed by atoms with E-state index in [1.165, 1.54) is 9.36 Å². The number of likely N-dealkylation sites (tertiary alicyclic amines) is 1. The Bertz CT molecular complexity index is 1030. The molecule has 1 fully saturated rings. The van der Waals surface area contributed by atoms with Gasteiger partial charge in [-0.3, -0.25) is 4.79 Å². The van der Waals surface area contributed by atoms with Gasteiger partial charge in [0.2, 0.25) is 11.9 Å². The number of rotatable bonds is 4. The van der Waals surface area contributed by atoms with Gasteiger partial charge in [-0.05, 0) is 35.4 Å². The molecule has 1 aliphatic heterocycles. The third-order valence-corrected chi connectivity index (χ3v) is 5.02. The van der Waals surface area contributed by atoms with Gasteiger partial charge in [0.15, 0.2) is 0 Å². The average molecular weight is 383 g/mol. The van der Waals surface area contributed by atoms with Gasteiger partial charge in [-0.1, -0.05) is 23.3 Å². The molecule has 146 valence electrons. The summed E-state index contributed by atoms with van der Waals surface area (Å²) in [5.41, 5.74) is 6.24. The molecule has 0 unspecified atom stereocenters. The molecular formula is C17H21N9O2. The maximum atomic E-state index is 12.6. The van der Waals surface area contributed by atoms with Gasteiger partial charge in [0, 0.05) is 26.1 Å². The predicted molar refractivity (Wildman–Crippen MR) is 99.6 cm³/mol. The number of anilines is 1. The van der Waals surface area contributed by atoms with E-state index in [4.69, 9.17) is 5.73 Å². The van der Waals surface area contributed by atoms with Gasteiger partial charge >= 0.3 is 5.69 Å². The second kappa shape index (κ2) is 7.25. The summed E-state index contributed by atoms with van der Waals surface area (Å²) in [6, 6.07) is 9.48. The van der Waals surface area contributed by atoms with Crippen LogP contribution in [0.25, 0.3) is 5.69 Å². The zero-order chi connectivity index (χ0) is 19.7. The fourth-order valence-electron chi connectivity index (χ4n) is 3.51. The van der Waals surface area contributed by atoms with Crippen LogP contribution in [0.15, 0.2) is 35.1 Å². The number of piperidine rings is 1. The van der Waals surface area contributed by atoms with Crippen molar-refractivity contribution < 1.29 is 4.79 Å². The van der Waals surface area contributed by atoms with Crippen LogP contribution >= 0.6 is 0 Å². The Hall–Kier alpha value is -3.50. The van der Waals surface area contributed by atoms with Crippen LogP contribution in [0.3, 0.4) is 0 Å². The van der Waals surface area contributed by atoms with Crippen LogP contribution in [-0.4, -0.2) is 58.5 Å². The number of carbonyl (C=O) groups is 1. The minimum atomic E-state index is -0.172. The summed E-state index contributed by atoms with van der Waals surface area (Å²) in [6.07, 6.45) is 1.44. The van der Waals surface area contributed by atoms with E-state index in [0.717, 1.165) is 24.4 Å². The number of amides is 1. The van der Waals surface area contributed by atoms with E-state index >= 15 is 0 Å². The van der Waals surface area contributed by atoms with Crippen LogP contribution in [0.5, 0.6) is 0 Å². The summed E-state index contributed by atoms with van der Waals surface area (Å²) in [4.78, 5) is 26.8. The maximum Gasteiger partial charge on any atom is 0.350 e. The summed E-state index contributed by atoms with van der Waals surface area (Å²) >= 11 is 0. The second-order valence-corrected chi connectivity index (χ2v) is 6.79. The van der Waals surface area contributed by atoms with Gasteiger partial charge in [0.1, 0.15) is 12.4 Å². The number of aromatic nitrogens is 7. The molecule has 1 aliphatic rings. The molecule has 3 aromatic rings. The van der Waals surface area contributed by atoms with Crippen molar-refractivity contribution in [3.8, 4) is 5.69 Å². The Balaban J connectivity index is 1.49. The normalized spacial score (nSPS) is 15.1. The van der Waals surface area contributed by atoms with Gasteiger partial charge in [0.05, 0.1) is 5.69 Å². The summed E-state index contributed by atoms with van der Waals surface area (Å²) in [5.74, 6) is 0.856. The minimum absolute atomic E-state index is 0.0157. The molecule has 11 nitrogen and oxygen atoms in total. The fourth-order valence-corrected chi connectivity index (χ4v) is 3.51. The molecule has 11 heteroatoms. The van der Waals surface area contributed by atoms with Crippen molar-refractivity contribution in [2.24, 2.45) is 7.05 Å². The Kier molecular flexibility index (Phi) is 4.63. The van der Waals surface area contributed by atoms with E-state index in [9.17, 15) is 9.59 Å². The molecule has 1 aromatic carbocycles. The highest BCUT2D eigenvalue weighted by Crippen LogP contribution is 2.27. The first-order valence-electron chi connectivity index (χ1n) is 9.05. The lowest BCUT2D eigenvalue weighted by Gasteiger charge is -2.31. The Morgan fingerprint density at radius 1 is 1.21 bits per heavy atom. The van der Waals surface area contributed by atoms with E-state index in [1.807, 2.05) is 30.3 Å². The third kappa shape index (κ3) is 3.26. The lowest BCUT2D eigenvalue weighted by molar-refractivity contribution is -0.133. The first-order valence-corrected chi connectivity index (χ1v) is 9.05. The van der Waals surface area contributed by atoms with E-state index in [0.29, 0.717) is 13.1 Å². The number of hydrogen-bond donors (Lipinski definition) is 1. The number of nitrogens with two attached hydrogens (primary N) is 1. The van der Waals surface area contributed by atoms with Gasteiger partial charge < -0.3 is 10.6 Å². The fraction of sp³-hybridized carbons (Fsp3) is 0.412. The molecule has 1 saturated heterocycles.